The summed E-state index contributed by atoms with van der Waals surface area (Å²) in [4.78, 5) is 9.35. The van der Waals surface area contributed by atoms with Gasteiger partial charge in [-0.15, -0.1) is 0 Å². The molecular formula is C12H13N2O6P. The molecule has 1 unspecified atom stereocenters. The molecule has 8 nitrogen and oxygen atoms in total. The zero-order valence-corrected chi connectivity index (χ0v) is 11.7. The van der Waals surface area contributed by atoms with Crippen molar-refractivity contribution in [1.82, 2.24) is 9.78 Å². The third kappa shape index (κ3) is 2.12. The largest absolute Gasteiger partial charge is 0.472 e. The molecule has 1 aromatic heterocycles. The van der Waals surface area contributed by atoms with Crippen molar-refractivity contribution in [2.45, 2.75) is 24.5 Å². The predicted molar refractivity (Wildman–Crippen MR) is 70.3 cm³/mol. The molecule has 0 bridgehead atoms. The van der Waals surface area contributed by atoms with Crippen molar-refractivity contribution in [3.8, 4) is 0 Å². The van der Waals surface area contributed by atoms with Gasteiger partial charge in [0.05, 0.1) is 18.3 Å². The lowest BCUT2D eigenvalue weighted by atomic mass is 10.1. The van der Waals surface area contributed by atoms with E-state index >= 15 is 0 Å². The number of para-hydroxylation sites is 1. The Kier molecular flexibility index (Phi) is 2.94. The molecule has 9 heteroatoms. The first-order valence-corrected chi connectivity index (χ1v) is 7.96. The number of hydrogen-bond acceptors (Lipinski definition) is 6. The molecule has 2 N–H and O–H groups in total. The molecule has 2 aliphatic heterocycles. The van der Waals surface area contributed by atoms with Crippen LogP contribution in [0.15, 0.2) is 30.5 Å². The summed E-state index contributed by atoms with van der Waals surface area (Å²) in [5.74, 6) is 0. The summed E-state index contributed by atoms with van der Waals surface area (Å²) >= 11 is 0. The van der Waals surface area contributed by atoms with Gasteiger partial charge in [-0.2, -0.15) is 5.10 Å². The molecule has 21 heavy (non-hydrogen) atoms. The predicted octanol–water partition coefficient (Wildman–Crippen LogP) is 0.810. The summed E-state index contributed by atoms with van der Waals surface area (Å²) in [6, 6.07) is 7.50. The van der Waals surface area contributed by atoms with Crippen LogP contribution in [0.5, 0.6) is 0 Å². The molecule has 0 saturated carbocycles. The minimum absolute atomic E-state index is 0.106. The van der Waals surface area contributed by atoms with Crippen molar-refractivity contribution >= 4 is 18.7 Å². The molecular weight excluding hydrogens is 299 g/mol. The number of phosphoric acid groups is 1. The van der Waals surface area contributed by atoms with Crippen molar-refractivity contribution in [2.75, 3.05) is 6.61 Å². The van der Waals surface area contributed by atoms with Crippen LogP contribution < -0.4 is 0 Å². The molecule has 0 radical (unpaired) electrons. The highest BCUT2D eigenvalue weighted by Crippen LogP contribution is 2.52. The van der Waals surface area contributed by atoms with E-state index in [-0.39, 0.29) is 6.61 Å². The summed E-state index contributed by atoms with van der Waals surface area (Å²) in [6.45, 7) is -0.106. The molecule has 0 aliphatic carbocycles. The standard InChI is InChI=1S/C12H13N2O6P/c15-10-11-9(6-18-21(16,17)20-11)19-12(10)14-8-4-2-1-3-7(8)5-13-14/h1-5,9-12,15H,6H2,(H,16,17)/t9-,10-,11-,12-/m1/s1. The van der Waals surface area contributed by atoms with Crippen LogP contribution in [-0.4, -0.2) is 44.7 Å². The van der Waals surface area contributed by atoms with Crippen molar-refractivity contribution < 1.29 is 28.3 Å². The normalized spacial score (nSPS) is 39.5. The molecule has 0 spiro atoms. The summed E-state index contributed by atoms with van der Waals surface area (Å²) in [6.07, 6.45) is -1.75. The zero-order chi connectivity index (χ0) is 14.6. The molecule has 2 aromatic rings. The lowest BCUT2D eigenvalue weighted by Gasteiger charge is -2.27. The van der Waals surface area contributed by atoms with Crippen LogP contribution in [0.3, 0.4) is 0 Å². The van der Waals surface area contributed by atoms with E-state index in [9.17, 15) is 14.6 Å². The highest BCUT2D eigenvalue weighted by atomic mass is 31.2. The highest BCUT2D eigenvalue weighted by molar-refractivity contribution is 7.47. The number of phosphoric ester groups is 1. The lowest BCUT2D eigenvalue weighted by molar-refractivity contribution is -0.0693. The van der Waals surface area contributed by atoms with Crippen molar-refractivity contribution in [3.63, 3.8) is 0 Å². The minimum atomic E-state index is -4.12. The van der Waals surface area contributed by atoms with Gasteiger partial charge in [0.25, 0.3) is 0 Å². The van der Waals surface area contributed by atoms with Gasteiger partial charge >= 0.3 is 7.82 Å². The van der Waals surface area contributed by atoms with E-state index in [2.05, 4.69) is 5.10 Å². The maximum atomic E-state index is 11.4. The maximum Gasteiger partial charge on any atom is 0.472 e. The Balaban J connectivity index is 1.69. The van der Waals surface area contributed by atoms with Gasteiger partial charge in [-0.05, 0) is 6.07 Å². The molecule has 2 saturated heterocycles. The number of benzene rings is 1. The average molecular weight is 312 g/mol. The van der Waals surface area contributed by atoms with Gasteiger partial charge in [0, 0.05) is 5.39 Å². The molecule has 0 amide bonds. The summed E-state index contributed by atoms with van der Waals surface area (Å²) in [5, 5.41) is 15.5. The monoisotopic (exact) mass is 312 g/mol. The van der Waals surface area contributed by atoms with Crippen LogP contribution in [0.1, 0.15) is 6.23 Å². The number of aliphatic hydroxyl groups is 1. The number of ether oxygens (including phenoxy) is 1. The molecule has 5 atom stereocenters. The second-order valence-corrected chi connectivity index (χ2v) is 6.44. The second-order valence-electron chi connectivity index (χ2n) is 5.04. The van der Waals surface area contributed by atoms with Crippen LogP contribution in [0.2, 0.25) is 0 Å². The Labute approximate surface area is 119 Å². The van der Waals surface area contributed by atoms with Crippen LogP contribution >= 0.6 is 7.82 Å². The number of aliphatic hydroxyl groups excluding tert-OH is 1. The molecule has 1 aromatic carbocycles. The van der Waals surface area contributed by atoms with E-state index < -0.39 is 32.4 Å². The summed E-state index contributed by atoms with van der Waals surface area (Å²) in [5.41, 5.74) is 0.799. The van der Waals surface area contributed by atoms with Gasteiger partial charge in [-0.25, -0.2) is 9.25 Å². The molecule has 4 rings (SSSR count). The van der Waals surface area contributed by atoms with Gasteiger partial charge in [0.1, 0.15) is 18.3 Å². The fourth-order valence-electron chi connectivity index (χ4n) is 2.73. The topological polar surface area (TPSA) is 103 Å². The first kappa shape index (κ1) is 13.4. The van der Waals surface area contributed by atoms with Gasteiger partial charge in [-0.3, -0.25) is 9.05 Å². The fraction of sp³-hybridized carbons (Fsp3) is 0.417. The minimum Gasteiger partial charge on any atom is -0.385 e. The van der Waals surface area contributed by atoms with Crippen molar-refractivity contribution in [3.05, 3.63) is 30.5 Å². The average Bonchev–Trinajstić information content (AvgIpc) is 3.00. The zero-order valence-electron chi connectivity index (χ0n) is 10.8. The number of hydrogen-bond donors (Lipinski definition) is 2. The van der Waals surface area contributed by atoms with E-state index in [1.807, 2.05) is 24.3 Å². The van der Waals surface area contributed by atoms with E-state index in [0.29, 0.717) is 0 Å². The molecule has 3 heterocycles. The Bertz CT molecular complexity index is 733. The highest BCUT2D eigenvalue weighted by Gasteiger charge is 2.52. The van der Waals surface area contributed by atoms with E-state index in [0.717, 1.165) is 10.9 Å². The van der Waals surface area contributed by atoms with E-state index in [1.54, 1.807) is 10.9 Å². The first-order chi connectivity index (χ1) is 10.1. The quantitative estimate of drug-likeness (QED) is 0.751. The van der Waals surface area contributed by atoms with E-state index in [1.165, 1.54) is 0 Å². The van der Waals surface area contributed by atoms with Crippen LogP contribution in [0.25, 0.3) is 10.9 Å². The summed E-state index contributed by atoms with van der Waals surface area (Å²) < 4.78 is 28.3. The molecule has 112 valence electrons. The second kappa shape index (κ2) is 4.61. The van der Waals surface area contributed by atoms with Crippen molar-refractivity contribution in [2.24, 2.45) is 0 Å². The summed E-state index contributed by atoms with van der Waals surface area (Å²) in [7, 11) is -4.12. The third-order valence-corrected chi connectivity index (χ3v) is 4.70. The van der Waals surface area contributed by atoms with Gasteiger partial charge in [0.15, 0.2) is 6.23 Å². The Morgan fingerprint density at radius 2 is 2.19 bits per heavy atom. The number of rotatable bonds is 1. The maximum absolute atomic E-state index is 11.4. The Morgan fingerprint density at radius 3 is 3.05 bits per heavy atom. The smallest absolute Gasteiger partial charge is 0.385 e. The van der Waals surface area contributed by atoms with Crippen molar-refractivity contribution in [1.29, 1.82) is 0 Å². The number of nitrogens with zero attached hydrogens (tertiary/aromatic N) is 2. The van der Waals surface area contributed by atoms with Gasteiger partial charge in [0.2, 0.25) is 0 Å². The fourth-order valence-corrected chi connectivity index (χ4v) is 3.70. The van der Waals surface area contributed by atoms with Crippen LogP contribution in [0.4, 0.5) is 0 Å². The number of aromatic nitrogens is 2. The third-order valence-electron chi connectivity index (χ3n) is 3.71. The van der Waals surface area contributed by atoms with Gasteiger partial charge < -0.3 is 14.7 Å². The van der Waals surface area contributed by atoms with E-state index in [4.69, 9.17) is 13.8 Å². The van der Waals surface area contributed by atoms with Gasteiger partial charge in [-0.1, -0.05) is 18.2 Å². The van der Waals surface area contributed by atoms with Crippen LogP contribution in [0, 0.1) is 0 Å². The first-order valence-electron chi connectivity index (χ1n) is 6.47. The SMILES string of the molecule is O=P1(O)OC[C@H]2O[C@@H](n3ncc4ccccc43)[C@H](O)[C@@H]2O1. The molecule has 2 fully saturated rings. The lowest BCUT2D eigenvalue weighted by Crippen LogP contribution is -2.39. The Morgan fingerprint density at radius 1 is 1.38 bits per heavy atom. The number of fused-ring (bicyclic) bond motifs is 2. The molecule has 2 aliphatic rings. The Hall–Kier alpha value is -1.28. The van der Waals surface area contributed by atoms with Crippen LogP contribution in [-0.2, 0) is 18.3 Å².